The van der Waals surface area contributed by atoms with E-state index in [0.29, 0.717) is 0 Å². The maximum absolute atomic E-state index is 5.56. The highest BCUT2D eigenvalue weighted by molar-refractivity contribution is 14.1. The lowest BCUT2D eigenvalue weighted by Crippen LogP contribution is -2.29. The molecule has 0 radical (unpaired) electrons. The van der Waals surface area contributed by atoms with Crippen LogP contribution in [0.1, 0.15) is 41.7 Å². The van der Waals surface area contributed by atoms with Crippen LogP contribution in [0.5, 0.6) is 0 Å². The standard InChI is InChI=1S/C16H19IN4S/c1-4-21-15(12-9(2)19-10(3)13(12)17)14(20-16(21)22)11-7-5-6-8-18-11/h5-8,14-15,19H,4H2,1-3H3,(H,20,22)/t14-,15-/m0/s1. The summed E-state index contributed by atoms with van der Waals surface area (Å²) in [6.45, 7) is 7.27. The largest absolute Gasteiger partial charge is 0.362 e. The summed E-state index contributed by atoms with van der Waals surface area (Å²) in [5.74, 6) is 0. The van der Waals surface area contributed by atoms with Crippen LogP contribution in [0.15, 0.2) is 24.4 Å². The van der Waals surface area contributed by atoms with Crippen molar-refractivity contribution in [3.63, 3.8) is 0 Å². The van der Waals surface area contributed by atoms with Crippen LogP contribution in [0.4, 0.5) is 0 Å². The Hall–Kier alpha value is -1.15. The van der Waals surface area contributed by atoms with E-state index in [2.05, 4.69) is 69.6 Å². The van der Waals surface area contributed by atoms with Crippen LogP contribution in [0.3, 0.4) is 0 Å². The molecule has 1 aliphatic heterocycles. The number of thiocarbonyl (C=S) groups is 1. The number of hydrogen-bond acceptors (Lipinski definition) is 2. The number of aromatic amines is 1. The van der Waals surface area contributed by atoms with Gasteiger partial charge in [0, 0.05) is 33.3 Å². The summed E-state index contributed by atoms with van der Waals surface area (Å²) in [7, 11) is 0. The van der Waals surface area contributed by atoms with Crippen molar-refractivity contribution in [2.45, 2.75) is 32.9 Å². The van der Waals surface area contributed by atoms with Crippen LogP contribution in [-0.4, -0.2) is 26.5 Å². The van der Waals surface area contributed by atoms with Crippen LogP contribution in [0, 0.1) is 17.4 Å². The molecule has 1 fully saturated rings. The predicted molar refractivity (Wildman–Crippen MR) is 101 cm³/mol. The van der Waals surface area contributed by atoms with Crippen molar-refractivity contribution in [3.8, 4) is 0 Å². The minimum Gasteiger partial charge on any atom is -0.362 e. The van der Waals surface area contributed by atoms with Gasteiger partial charge in [0.05, 0.1) is 17.8 Å². The van der Waals surface area contributed by atoms with Gasteiger partial charge >= 0.3 is 0 Å². The second kappa shape index (κ2) is 6.16. The van der Waals surface area contributed by atoms with Crippen LogP contribution < -0.4 is 5.32 Å². The Kier molecular flexibility index (Phi) is 4.40. The monoisotopic (exact) mass is 426 g/mol. The highest BCUT2D eigenvalue weighted by Gasteiger charge is 2.41. The maximum Gasteiger partial charge on any atom is 0.170 e. The van der Waals surface area contributed by atoms with Crippen LogP contribution in [-0.2, 0) is 0 Å². The van der Waals surface area contributed by atoms with Gasteiger partial charge in [0.15, 0.2) is 5.11 Å². The molecular formula is C16H19IN4S. The number of aryl methyl sites for hydroxylation is 2. The highest BCUT2D eigenvalue weighted by Crippen LogP contribution is 2.42. The Balaban J connectivity index is 2.12. The molecular weight excluding hydrogens is 407 g/mol. The van der Waals surface area contributed by atoms with E-state index in [0.717, 1.165) is 17.4 Å². The third-order valence-corrected chi connectivity index (χ3v) is 5.92. The van der Waals surface area contributed by atoms with E-state index in [1.54, 1.807) is 0 Å². The number of pyridine rings is 1. The first-order valence-corrected chi connectivity index (χ1v) is 8.86. The van der Waals surface area contributed by atoms with Crippen molar-refractivity contribution in [2.75, 3.05) is 6.54 Å². The van der Waals surface area contributed by atoms with Crippen molar-refractivity contribution in [2.24, 2.45) is 0 Å². The fraction of sp³-hybridized carbons (Fsp3) is 0.375. The van der Waals surface area contributed by atoms with Gasteiger partial charge in [-0.3, -0.25) is 4.98 Å². The molecule has 1 aliphatic rings. The zero-order chi connectivity index (χ0) is 15.9. The van der Waals surface area contributed by atoms with E-state index in [1.165, 1.54) is 20.5 Å². The second-order valence-electron chi connectivity index (χ2n) is 5.52. The van der Waals surface area contributed by atoms with Crippen molar-refractivity contribution >= 4 is 39.9 Å². The summed E-state index contributed by atoms with van der Waals surface area (Å²) < 4.78 is 1.28. The van der Waals surface area contributed by atoms with E-state index in [4.69, 9.17) is 12.2 Å². The first-order chi connectivity index (χ1) is 10.5. The van der Waals surface area contributed by atoms with Gasteiger partial charge < -0.3 is 15.2 Å². The van der Waals surface area contributed by atoms with Gasteiger partial charge in [-0.2, -0.15) is 0 Å². The van der Waals surface area contributed by atoms with Crippen LogP contribution in [0.2, 0.25) is 0 Å². The SMILES string of the molecule is CCN1C(=S)N[C@@H](c2ccccn2)[C@@H]1c1c(C)[nH]c(C)c1I. The first kappa shape index (κ1) is 15.7. The molecule has 3 heterocycles. The molecule has 0 spiro atoms. The van der Waals surface area contributed by atoms with Gasteiger partial charge in [0.25, 0.3) is 0 Å². The average Bonchev–Trinajstić information content (AvgIpc) is 2.96. The molecule has 0 unspecified atom stereocenters. The smallest absolute Gasteiger partial charge is 0.170 e. The number of halogens is 1. The van der Waals surface area contributed by atoms with E-state index in [9.17, 15) is 0 Å². The normalized spacial score (nSPS) is 21.3. The number of H-pyrrole nitrogens is 1. The Bertz CT molecular complexity index is 698. The first-order valence-electron chi connectivity index (χ1n) is 7.37. The molecule has 2 atom stereocenters. The van der Waals surface area contributed by atoms with Crippen molar-refractivity contribution in [1.29, 1.82) is 0 Å². The van der Waals surface area contributed by atoms with Crippen molar-refractivity contribution in [3.05, 3.63) is 50.6 Å². The van der Waals surface area contributed by atoms with Gasteiger partial charge in [-0.1, -0.05) is 6.07 Å². The number of aromatic nitrogens is 2. The molecule has 0 bridgehead atoms. The Labute approximate surface area is 149 Å². The minimum absolute atomic E-state index is 0.0797. The highest BCUT2D eigenvalue weighted by atomic mass is 127. The summed E-state index contributed by atoms with van der Waals surface area (Å²) in [5.41, 5.74) is 4.77. The zero-order valence-corrected chi connectivity index (χ0v) is 15.8. The average molecular weight is 426 g/mol. The van der Waals surface area contributed by atoms with Gasteiger partial charge in [-0.25, -0.2) is 0 Å². The molecule has 22 heavy (non-hydrogen) atoms. The Morgan fingerprint density at radius 1 is 1.32 bits per heavy atom. The molecule has 2 aromatic heterocycles. The molecule has 4 nitrogen and oxygen atoms in total. The summed E-state index contributed by atoms with van der Waals surface area (Å²) in [4.78, 5) is 10.3. The second-order valence-corrected chi connectivity index (χ2v) is 6.98. The third-order valence-electron chi connectivity index (χ3n) is 4.18. The number of nitrogens with one attached hydrogen (secondary N) is 2. The topological polar surface area (TPSA) is 44.0 Å². The number of likely N-dealkylation sites (N-methyl/N-ethyl adjacent to an activating group) is 1. The van der Waals surface area contributed by atoms with Crippen molar-refractivity contribution < 1.29 is 0 Å². The fourth-order valence-electron chi connectivity index (χ4n) is 3.18. The molecule has 2 N–H and O–H groups in total. The number of hydrogen-bond donors (Lipinski definition) is 2. The predicted octanol–water partition coefficient (Wildman–Crippen LogP) is 3.62. The van der Waals surface area contributed by atoms with E-state index in [1.807, 2.05) is 18.3 Å². The zero-order valence-electron chi connectivity index (χ0n) is 12.9. The molecule has 2 aromatic rings. The lowest BCUT2D eigenvalue weighted by molar-refractivity contribution is 0.328. The molecule has 0 amide bonds. The van der Waals surface area contributed by atoms with Gasteiger partial charge in [-0.05, 0) is 67.7 Å². The van der Waals surface area contributed by atoms with E-state index < -0.39 is 0 Å². The fourth-order valence-corrected chi connectivity index (χ4v) is 4.41. The van der Waals surface area contributed by atoms with Crippen LogP contribution >= 0.6 is 34.8 Å². The molecule has 1 saturated heterocycles. The molecule has 6 heteroatoms. The van der Waals surface area contributed by atoms with Crippen molar-refractivity contribution in [1.82, 2.24) is 20.2 Å². The van der Waals surface area contributed by atoms with Gasteiger partial charge in [-0.15, -0.1) is 0 Å². The van der Waals surface area contributed by atoms with Crippen LogP contribution in [0.25, 0.3) is 0 Å². The molecule has 3 rings (SSSR count). The molecule has 0 aliphatic carbocycles. The summed E-state index contributed by atoms with van der Waals surface area (Å²) in [6, 6.07) is 6.28. The molecule has 0 saturated carbocycles. The summed E-state index contributed by atoms with van der Waals surface area (Å²) in [5, 5.41) is 4.26. The number of nitrogens with zero attached hydrogens (tertiary/aromatic N) is 2. The maximum atomic E-state index is 5.56. The number of rotatable bonds is 3. The summed E-state index contributed by atoms with van der Waals surface area (Å²) in [6.07, 6.45) is 1.84. The third kappa shape index (κ3) is 2.52. The summed E-state index contributed by atoms with van der Waals surface area (Å²) >= 11 is 7.99. The quantitative estimate of drug-likeness (QED) is 0.582. The lowest BCUT2D eigenvalue weighted by atomic mass is 9.97. The van der Waals surface area contributed by atoms with Gasteiger partial charge in [0.2, 0.25) is 0 Å². The Morgan fingerprint density at radius 3 is 2.64 bits per heavy atom. The molecule has 116 valence electrons. The molecule has 0 aromatic carbocycles. The van der Waals surface area contributed by atoms with Gasteiger partial charge in [0.1, 0.15) is 0 Å². The minimum atomic E-state index is 0.0797. The Morgan fingerprint density at radius 2 is 2.09 bits per heavy atom. The van der Waals surface area contributed by atoms with E-state index >= 15 is 0 Å². The van der Waals surface area contributed by atoms with E-state index in [-0.39, 0.29) is 12.1 Å². The lowest BCUT2D eigenvalue weighted by Gasteiger charge is -2.27.